The maximum atomic E-state index is 4.18. The van der Waals surface area contributed by atoms with E-state index in [9.17, 15) is 0 Å². The predicted octanol–water partition coefficient (Wildman–Crippen LogP) is 3.00. The van der Waals surface area contributed by atoms with E-state index < -0.39 is 0 Å². The van der Waals surface area contributed by atoms with Crippen LogP contribution in [0.15, 0.2) is 12.2 Å². The summed E-state index contributed by atoms with van der Waals surface area (Å²) in [4.78, 5) is 0. The summed E-state index contributed by atoms with van der Waals surface area (Å²) in [5.74, 6) is 2.74. The summed E-state index contributed by atoms with van der Waals surface area (Å²) in [5, 5.41) is 0. The first-order chi connectivity index (χ1) is 4.79. The average molecular weight is 136 g/mol. The van der Waals surface area contributed by atoms with Gasteiger partial charge in [0, 0.05) is 0 Å². The average Bonchev–Trinajstić information content (AvgIpc) is 2.00. The molecular weight excluding hydrogens is 120 g/mol. The van der Waals surface area contributed by atoms with Crippen LogP contribution in [0.2, 0.25) is 0 Å². The Hall–Kier alpha value is -0.260. The van der Waals surface area contributed by atoms with Crippen molar-refractivity contribution >= 4 is 0 Å². The zero-order valence-electron chi connectivity index (χ0n) is 6.77. The van der Waals surface area contributed by atoms with Crippen LogP contribution in [0.3, 0.4) is 0 Å². The molecule has 0 aromatic carbocycles. The molecule has 0 nitrogen and oxygen atoms in total. The van der Waals surface area contributed by atoms with E-state index >= 15 is 0 Å². The smallest absolute Gasteiger partial charge is 0.0203 e. The van der Waals surface area contributed by atoms with Gasteiger partial charge in [-0.2, -0.15) is 0 Å². The van der Waals surface area contributed by atoms with E-state index in [4.69, 9.17) is 0 Å². The fourth-order valence-corrected chi connectivity index (χ4v) is 2.66. The molecule has 0 saturated heterocycles. The van der Waals surface area contributed by atoms with E-state index in [2.05, 4.69) is 13.5 Å². The van der Waals surface area contributed by atoms with Crippen molar-refractivity contribution in [1.29, 1.82) is 0 Å². The number of hydrogen-bond acceptors (Lipinski definition) is 0. The minimum absolute atomic E-state index is 0.840. The monoisotopic (exact) mass is 136 g/mol. The van der Waals surface area contributed by atoms with Crippen LogP contribution in [0.25, 0.3) is 0 Å². The summed E-state index contributed by atoms with van der Waals surface area (Å²) >= 11 is 0. The maximum absolute atomic E-state index is 4.18. The highest BCUT2D eigenvalue weighted by molar-refractivity contribution is 5.12. The summed E-state index contributed by atoms with van der Waals surface area (Å²) in [7, 11) is 0. The van der Waals surface area contributed by atoms with Crippen molar-refractivity contribution < 1.29 is 0 Å². The largest absolute Gasteiger partial charge is 0.0993 e. The van der Waals surface area contributed by atoms with Crippen molar-refractivity contribution in [2.75, 3.05) is 0 Å². The standard InChI is InChI=1S/C10H16/c1-7-8(2)10-5-3-9(7)4-6-10/h8-10H,1,3-6H2,2H3. The van der Waals surface area contributed by atoms with Crippen LogP contribution in [0, 0.1) is 17.8 Å². The fraction of sp³-hybridized carbons (Fsp3) is 0.800. The Labute approximate surface area is 63.3 Å². The summed E-state index contributed by atoms with van der Waals surface area (Å²) in [6.45, 7) is 6.54. The van der Waals surface area contributed by atoms with Gasteiger partial charge in [-0.05, 0) is 43.4 Å². The van der Waals surface area contributed by atoms with Crippen LogP contribution in [-0.2, 0) is 0 Å². The molecule has 3 saturated carbocycles. The second kappa shape index (κ2) is 2.11. The third kappa shape index (κ3) is 0.744. The molecule has 0 N–H and O–H groups in total. The molecule has 2 bridgehead atoms. The number of fused-ring (bicyclic) bond motifs is 3. The Kier molecular flexibility index (Phi) is 1.36. The Balaban J connectivity index is 2.20. The van der Waals surface area contributed by atoms with E-state index in [1.54, 1.807) is 5.57 Å². The van der Waals surface area contributed by atoms with Gasteiger partial charge in [0.05, 0.1) is 0 Å². The van der Waals surface area contributed by atoms with Gasteiger partial charge in [-0.15, -0.1) is 0 Å². The van der Waals surface area contributed by atoms with Gasteiger partial charge in [0.2, 0.25) is 0 Å². The zero-order chi connectivity index (χ0) is 7.14. The molecule has 0 heterocycles. The second-order valence-electron chi connectivity index (χ2n) is 3.98. The van der Waals surface area contributed by atoms with E-state index in [1.807, 2.05) is 0 Å². The first-order valence-corrected chi connectivity index (χ1v) is 4.47. The summed E-state index contributed by atoms with van der Waals surface area (Å²) < 4.78 is 0. The van der Waals surface area contributed by atoms with Crippen LogP contribution < -0.4 is 0 Å². The first kappa shape index (κ1) is 6.45. The third-order valence-corrected chi connectivity index (χ3v) is 3.59. The molecular formula is C10H16. The molecule has 3 fully saturated rings. The maximum Gasteiger partial charge on any atom is -0.0203 e. The molecule has 1 atom stereocenters. The van der Waals surface area contributed by atoms with Crippen LogP contribution in [-0.4, -0.2) is 0 Å². The fourth-order valence-electron chi connectivity index (χ4n) is 2.66. The Morgan fingerprint density at radius 3 is 2.10 bits per heavy atom. The molecule has 0 aromatic rings. The highest BCUT2D eigenvalue weighted by atomic mass is 14.4. The van der Waals surface area contributed by atoms with Gasteiger partial charge in [0.1, 0.15) is 0 Å². The van der Waals surface area contributed by atoms with Crippen molar-refractivity contribution in [1.82, 2.24) is 0 Å². The van der Waals surface area contributed by atoms with Crippen molar-refractivity contribution in [3.8, 4) is 0 Å². The van der Waals surface area contributed by atoms with Gasteiger partial charge in [-0.1, -0.05) is 19.1 Å². The molecule has 3 rings (SSSR count). The summed E-state index contributed by atoms with van der Waals surface area (Å²) in [6, 6.07) is 0. The van der Waals surface area contributed by atoms with Gasteiger partial charge in [0.25, 0.3) is 0 Å². The van der Waals surface area contributed by atoms with E-state index in [1.165, 1.54) is 25.7 Å². The van der Waals surface area contributed by atoms with Crippen molar-refractivity contribution in [2.45, 2.75) is 32.6 Å². The van der Waals surface area contributed by atoms with Gasteiger partial charge in [0.15, 0.2) is 0 Å². The molecule has 0 heteroatoms. The molecule has 0 radical (unpaired) electrons. The van der Waals surface area contributed by atoms with Crippen LogP contribution in [0.5, 0.6) is 0 Å². The molecule has 56 valence electrons. The number of allylic oxidation sites excluding steroid dienone is 1. The van der Waals surface area contributed by atoms with Crippen LogP contribution in [0.1, 0.15) is 32.6 Å². The minimum atomic E-state index is 0.840. The highest BCUT2D eigenvalue weighted by Gasteiger charge is 2.35. The molecule has 3 aliphatic carbocycles. The lowest BCUT2D eigenvalue weighted by molar-refractivity contribution is 0.180. The number of rotatable bonds is 0. The molecule has 3 aliphatic rings. The summed E-state index contributed by atoms with van der Waals surface area (Å²) in [5.41, 5.74) is 1.56. The van der Waals surface area contributed by atoms with Crippen molar-refractivity contribution in [3.05, 3.63) is 12.2 Å². The lowest BCUT2D eigenvalue weighted by Gasteiger charge is -2.42. The predicted molar refractivity (Wildman–Crippen MR) is 43.8 cm³/mol. The zero-order valence-corrected chi connectivity index (χ0v) is 6.77. The van der Waals surface area contributed by atoms with E-state index in [-0.39, 0.29) is 0 Å². The van der Waals surface area contributed by atoms with Gasteiger partial charge < -0.3 is 0 Å². The van der Waals surface area contributed by atoms with Gasteiger partial charge in [-0.25, -0.2) is 0 Å². The third-order valence-electron chi connectivity index (χ3n) is 3.59. The van der Waals surface area contributed by atoms with Gasteiger partial charge >= 0.3 is 0 Å². The molecule has 0 aliphatic heterocycles. The highest BCUT2D eigenvalue weighted by Crippen LogP contribution is 2.47. The van der Waals surface area contributed by atoms with Crippen molar-refractivity contribution in [3.63, 3.8) is 0 Å². The van der Waals surface area contributed by atoms with E-state index in [0.29, 0.717) is 0 Å². The van der Waals surface area contributed by atoms with Crippen LogP contribution in [0.4, 0.5) is 0 Å². The van der Waals surface area contributed by atoms with Crippen molar-refractivity contribution in [2.24, 2.45) is 17.8 Å². The molecule has 0 aromatic heterocycles. The SMILES string of the molecule is C=C1C2CCC(CC2)C1C. The quantitative estimate of drug-likeness (QED) is 0.449. The first-order valence-electron chi connectivity index (χ1n) is 4.47. The Morgan fingerprint density at radius 1 is 1.20 bits per heavy atom. The number of hydrogen-bond donors (Lipinski definition) is 0. The minimum Gasteiger partial charge on any atom is -0.0993 e. The lowest BCUT2D eigenvalue weighted by Crippen LogP contribution is -2.31. The Morgan fingerprint density at radius 2 is 1.80 bits per heavy atom. The normalized spacial score (nSPS) is 46.1. The summed E-state index contributed by atoms with van der Waals surface area (Å²) in [6.07, 6.45) is 5.83. The van der Waals surface area contributed by atoms with Crippen LogP contribution >= 0.6 is 0 Å². The molecule has 0 amide bonds. The lowest BCUT2D eigenvalue weighted by atomic mass is 9.63. The Bertz CT molecular complexity index is 145. The molecule has 10 heavy (non-hydrogen) atoms. The molecule has 0 spiro atoms. The topological polar surface area (TPSA) is 0 Å². The van der Waals surface area contributed by atoms with Gasteiger partial charge in [-0.3, -0.25) is 0 Å². The molecule has 1 unspecified atom stereocenters. The second-order valence-corrected chi connectivity index (χ2v) is 3.98. The van der Waals surface area contributed by atoms with E-state index in [0.717, 1.165) is 17.8 Å².